The second-order valence-corrected chi connectivity index (χ2v) is 9.70. The monoisotopic (exact) mass is 496 g/mol. The van der Waals surface area contributed by atoms with Crippen LogP contribution >= 0.6 is 0 Å². The summed E-state index contributed by atoms with van der Waals surface area (Å²) in [6.45, 7) is 12.7. The Bertz CT molecular complexity index is 891. The second kappa shape index (κ2) is 13.4. The zero-order chi connectivity index (χ0) is 26.8. The predicted octanol–water partition coefficient (Wildman–Crippen LogP) is 3.95. The minimum Gasteiger partial charge on any atom is -0.444 e. The van der Waals surface area contributed by atoms with Crippen LogP contribution in [0.25, 0.3) is 0 Å². The van der Waals surface area contributed by atoms with Crippen molar-refractivity contribution in [1.29, 1.82) is 0 Å². The van der Waals surface area contributed by atoms with Gasteiger partial charge in [-0.3, -0.25) is 4.79 Å². The Morgan fingerprint density at radius 1 is 0.886 bits per heavy atom. The summed E-state index contributed by atoms with van der Waals surface area (Å²) in [6, 6.07) is 3.13. The molecule has 0 saturated heterocycles. The number of rotatable bonds is 10. The van der Waals surface area contributed by atoms with E-state index in [-0.39, 0.29) is 43.0 Å². The molecule has 0 aliphatic rings. The molecule has 0 aromatic heterocycles. The summed E-state index contributed by atoms with van der Waals surface area (Å²) < 4.78 is 25.6. The number of nitrogens with one attached hydrogen (secondary N) is 1. The number of hydrogen-bond acceptors (Lipinski definition) is 9. The first kappa shape index (κ1) is 29.5. The topological polar surface area (TPSA) is 152 Å². The molecule has 0 spiro atoms. The first-order chi connectivity index (χ1) is 16.2. The average Bonchev–Trinajstić information content (AvgIpc) is 2.70. The number of hydrogen-bond donors (Lipinski definition) is 2. The van der Waals surface area contributed by atoms with E-state index >= 15 is 0 Å². The van der Waals surface area contributed by atoms with Crippen LogP contribution in [-0.2, 0) is 25.4 Å². The third-order valence-corrected chi connectivity index (χ3v) is 3.94. The van der Waals surface area contributed by atoms with E-state index in [9.17, 15) is 19.2 Å². The van der Waals surface area contributed by atoms with E-state index < -0.39 is 36.0 Å². The Morgan fingerprint density at radius 3 is 1.86 bits per heavy atom. The number of amides is 2. The number of nitrogens with two attached hydrogens (primary N) is 1. The summed E-state index contributed by atoms with van der Waals surface area (Å²) in [4.78, 5) is 48.2. The summed E-state index contributed by atoms with van der Waals surface area (Å²) in [5, 5.41) is 2.42. The Morgan fingerprint density at radius 2 is 1.40 bits per heavy atom. The van der Waals surface area contributed by atoms with Gasteiger partial charge in [0.15, 0.2) is 11.5 Å². The minimum atomic E-state index is -1.12. The van der Waals surface area contributed by atoms with Crippen LogP contribution in [-0.4, -0.2) is 49.2 Å². The van der Waals surface area contributed by atoms with Crippen molar-refractivity contribution < 1.29 is 42.9 Å². The molecule has 2 amide bonds. The van der Waals surface area contributed by atoms with E-state index in [0.29, 0.717) is 5.56 Å². The first-order valence-corrected chi connectivity index (χ1v) is 11.3. The van der Waals surface area contributed by atoms with E-state index in [4.69, 9.17) is 29.4 Å². The lowest BCUT2D eigenvalue weighted by Gasteiger charge is -2.22. The summed E-state index contributed by atoms with van der Waals surface area (Å²) >= 11 is 0. The maximum Gasteiger partial charge on any atom is 0.513 e. The highest BCUT2D eigenvalue weighted by molar-refractivity contribution is 5.84. The number of alkyl carbamates (subject to hydrolysis) is 1. The smallest absolute Gasteiger partial charge is 0.444 e. The van der Waals surface area contributed by atoms with E-state index in [1.54, 1.807) is 20.8 Å². The van der Waals surface area contributed by atoms with Crippen LogP contribution in [0.2, 0.25) is 0 Å². The van der Waals surface area contributed by atoms with E-state index in [1.807, 2.05) is 27.7 Å². The van der Waals surface area contributed by atoms with Crippen molar-refractivity contribution in [2.24, 2.45) is 17.6 Å². The van der Waals surface area contributed by atoms with Gasteiger partial charge in [0.05, 0.1) is 13.2 Å². The Labute approximate surface area is 205 Å². The third-order valence-electron chi connectivity index (χ3n) is 3.94. The molecule has 0 radical (unpaired) electrons. The lowest BCUT2D eigenvalue weighted by atomic mass is 10.0. The maximum absolute atomic E-state index is 12.1. The molecule has 1 aromatic carbocycles. The van der Waals surface area contributed by atoms with Gasteiger partial charge in [0.25, 0.3) is 0 Å². The van der Waals surface area contributed by atoms with Gasteiger partial charge in [-0.1, -0.05) is 33.8 Å². The van der Waals surface area contributed by atoms with Gasteiger partial charge in [0.2, 0.25) is 5.91 Å². The van der Waals surface area contributed by atoms with E-state index in [0.717, 1.165) is 0 Å². The fourth-order valence-corrected chi connectivity index (χ4v) is 2.46. The summed E-state index contributed by atoms with van der Waals surface area (Å²) in [7, 11) is 0. The van der Waals surface area contributed by atoms with Crippen molar-refractivity contribution in [3.63, 3.8) is 0 Å². The molecule has 1 atom stereocenters. The molecule has 0 bridgehead atoms. The van der Waals surface area contributed by atoms with Gasteiger partial charge in [0.1, 0.15) is 11.6 Å². The van der Waals surface area contributed by atoms with Crippen molar-refractivity contribution in [3.8, 4) is 11.5 Å². The molecule has 0 fully saturated rings. The number of ether oxygens (including phenoxy) is 5. The summed E-state index contributed by atoms with van der Waals surface area (Å²) in [5.41, 5.74) is 5.11. The highest BCUT2D eigenvalue weighted by atomic mass is 16.7. The molecular weight excluding hydrogens is 460 g/mol. The van der Waals surface area contributed by atoms with Crippen molar-refractivity contribution in [3.05, 3.63) is 23.8 Å². The molecule has 11 heteroatoms. The molecule has 3 N–H and O–H groups in total. The largest absolute Gasteiger partial charge is 0.513 e. The van der Waals surface area contributed by atoms with Gasteiger partial charge in [-0.05, 0) is 50.3 Å². The van der Waals surface area contributed by atoms with Gasteiger partial charge >= 0.3 is 18.4 Å². The SMILES string of the molecule is CC(C)COC(=O)Oc1ccc(C[C@H](NC(=O)OC(C)(C)C)C(N)=O)cc1OC(=O)OCC(C)C. The zero-order valence-electron chi connectivity index (χ0n) is 21.3. The van der Waals surface area contributed by atoms with E-state index in [2.05, 4.69) is 5.32 Å². The molecule has 11 nitrogen and oxygen atoms in total. The Kier molecular flexibility index (Phi) is 11.3. The summed E-state index contributed by atoms with van der Waals surface area (Å²) in [6.07, 6.45) is -2.85. The molecule has 0 saturated carbocycles. The van der Waals surface area contributed by atoms with Gasteiger partial charge in [-0.25, -0.2) is 14.4 Å². The van der Waals surface area contributed by atoms with Crippen LogP contribution in [0.4, 0.5) is 14.4 Å². The van der Waals surface area contributed by atoms with Gasteiger partial charge in [-0.15, -0.1) is 0 Å². The third kappa shape index (κ3) is 12.5. The highest BCUT2D eigenvalue weighted by Crippen LogP contribution is 2.30. The predicted molar refractivity (Wildman–Crippen MR) is 126 cm³/mol. The molecule has 196 valence electrons. The Balaban J connectivity index is 3.09. The standard InChI is InChI=1S/C24H36N2O9/c1-14(2)12-31-22(29)33-18-9-8-16(11-19(18)34-23(30)32-13-15(3)4)10-17(20(25)27)26-21(28)35-24(5,6)7/h8-9,11,14-15,17H,10,12-13H2,1-7H3,(H2,25,27)(H,26,28)/t17-/m0/s1. The number of carbonyl (C=O) groups is 4. The van der Waals surface area contributed by atoms with Crippen molar-refractivity contribution in [2.75, 3.05) is 13.2 Å². The fourth-order valence-electron chi connectivity index (χ4n) is 2.46. The van der Waals surface area contributed by atoms with Crippen LogP contribution < -0.4 is 20.5 Å². The highest BCUT2D eigenvalue weighted by Gasteiger charge is 2.24. The molecule has 1 aromatic rings. The van der Waals surface area contributed by atoms with Crippen LogP contribution in [0.5, 0.6) is 11.5 Å². The molecule has 0 heterocycles. The van der Waals surface area contributed by atoms with Crippen LogP contribution in [0.3, 0.4) is 0 Å². The quantitative estimate of drug-likeness (QED) is 0.278. The molecule has 35 heavy (non-hydrogen) atoms. The van der Waals surface area contributed by atoms with Gasteiger partial charge in [0, 0.05) is 6.42 Å². The molecule has 1 rings (SSSR count). The normalized spacial score (nSPS) is 12.0. The fraction of sp³-hybridized carbons (Fsp3) is 0.583. The van der Waals surface area contributed by atoms with Crippen LogP contribution in [0, 0.1) is 11.8 Å². The molecular formula is C24H36N2O9. The molecule has 0 aliphatic carbocycles. The number of benzene rings is 1. The van der Waals surface area contributed by atoms with Gasteiger partial charge < -0.3 is 34.7 Å². The summed E-state index contributed by atoms with van der Waals surface area (Å²) in [5.74, 6) is -0.869. The first-order valence-electron chi connectivity index (χ1n) is 11.3. The van der Waals surface area contributed by atoms with Crippen molar-refractivity contribution in [2.45, 2.75) is 66.5 Å². The van der Waals surface area contributed by atoms with E-state index in [1.165, 1.54) is 18.2 Å². The minimum absolute atomic E-state index is 0.0515. The van der Waals surface area contributed by atoms with Crippen LogP contribution in [0.15, 0.2) is 18.2 Å². The van der Waals surface area contributed by atoms with Crippen LogP contribution in [0.1, 0.15) is 54.0 Å². The lowest BCUT2D eigenvalue weighted by Crippen LogP contribution is -2.47. The Hall–Kier alpha value is -3.50. The maximum atomic E-state index is 12.1. The lowest BCUT2D eigenvalue weighted by molar-refractivity contribution is -0.120. The molecule has 0 aliphatic heterocycles. The second-order valence-electron chi connectivity index (χ2n) is 9.70. The van der Waals surface area contributed by atoms with Crippen molar-refractivity contribution in [1.82, 2.24) is 5.32 Å². The molecule has 0 unspecified atom stereocenters. The number of primary amides is 1. The van der Waals surface area contributed by atoms with Gasteiger partial charge in [-0.2, -0.15) is 0 Å². The van der Waals surface area contributed by atoms with Crippen molar-refractivity contribution >= 4 is 24.3 Å². The average molecular weight is 497 g/mol. The number of carbonyl (C=O) groups excluding carboxylic acids is 4. The zero-order valence-corrected chi connectivity index (χ0v) is 21.3.